The fraction of sp³-hybridized carbons (Fsp3) is 0.429. The lowest BCUT2D eigenvalue weighted by atomic mass is 10.0. The minimum atomic E-state index is -0.888. The summed E-state index contributed by atoms with van der Waals surface area (Å²) in [6, 6.07) is 7.25. The minimum absolute atomic E-state index is 0.403. The number of carbonyl (C=O) groups excluding carboxylic acids is 2. The Morgan fingerprint density at radius 3 is 2.75 bits per heavy atom. The van der Waals surface area contributed by atoms with Gasteiger partial charge in [0.15, 0.2) is 0 Å². The number of rotatable bonds is 3. The lowest BCUT2D eigenvalue weighted by Gasteiger charge is -2.14. The molecule has 0 bridgehead atoms. The van der Waals surface area contributed by atoms with Crippen molar-refractivity contribution in [1.82, 2.24) is 5.32 Å². The Balaban J connectivity index is 0.000000956. The Morgan fingerprint density at radius 2 is 2.15 bits per heavy atom. The fourth-order valence-corrected chi connectivity index (χ4v) is 2.31. The van der Waals surface area contributed by atoms with Crippen LogP contribution in [0.5, 0.6) is 0 Å². The monoisotopic (exact) mass is 343 g/mol. The summed E-state index contributed by atoms with van der Waals surface area (Å²) in [6.07, 6.45) is -0.975. The van der Waals surface area contributed by atoms with Crippen molar-refractivity contribution >= 4 is 28.0 Å². The maximum Gasteiger partial charge on any atom is 0.408 e. The van der Waals surface area contributed by atoms with Gasteiger partial charge in [-0.3, -0.25) is 0 Å². The summed E-state index contributed by atoms with van der Waals surface area (Å²) >= 11 is 3.37. The van der Waals surface area contributed by atoms with Gasteiger partial charge in [0, 0.05) is 4.47 Å². The second-order valence-corrected chi connectivity index (χ2v) is 4.85. The zero-order valence-corrected chi connectivity index (χ0v) is 13.3. The van der Waals surface area contributed by atoms with Crippen LogP contribution in [0.25, 0.3) is 0 Å². The topological polar surface area (TPSA) is 64.6 Å². The first-order chi connectivity index (χ1) is 9.60. The maximum absolute atomic E-state index is 11.5. The van der Waals surface area contributed by atoms with Crippen molar-refractivity contribution in [3.63, 3.8) is 0 Å². The van der Waals surface area contributed by atoms with Gasteiger partial charge in [-0.25, -0.2) is 9.59 Å². The van der Waals surface area contributed by atoms with Crippen LogP contribution in [0, 0.1) is 0 Å². The van der Waals surface area contributed by atoms with E-state index in [0.29, 0.717) is 6.42 Å². The van der Waals surface area contributed by atoms with Gasteiger partial charge in [0.05, 0.1) is 13.2 Å². The molecule has 1 aromatic rings. The van der Waals surface area contributed by atoms with Gasteiger partial charge in [0.2, 0.25) is 6.10 Å². The molecule has 2 atom stereocenters. The minimum Gasteiger partial charge on any atom is -0.466 e. The van der Waals surface area contributed by atoms with Crippen molar-refractivity contribution in [1.29, 1.82) is 0 Å². The Kier molecular flexibility index (Phi) is 6.51. The first-order valence-corrected chi connectivity index (χ1v) is 7.19. The fourth-order valence-electron chi connectivity index (χ4n) is 1.86. The molecule has 0 saturated carbocycles. The summed E-state index contributed by atoms with van der Waals surface area (Å²) in [6.45, 7) is 4.00. The Morgan fingerprint density at radius 1 is 1.45 bits per heavy atom. The van der Waals surface area contributed by atoms with Crippen LogP contribution in [-0.2, 0) is 20.7 Å². The molecule has 1 heterocycles. The van der Waals surface area contributed by atoms with E-state index in [1.807, 2.05) is 38.1 Å². The molecule has 0 spiro atoms. The molecule has 1 fully saturated rings. The number of alkyl carbamates (subject to hydrolysis) is 1. The number of ether oxygens (including phenoxy) is 2. The van der Waals surface area contributed by atoms with E-state index in [9.17, 15) is 9.59 Å². The lowest BCUT2D eigenvalue weighted by Crippen LogP contribution is -2.38. The van der Waals surface area contributed by atoms with Crippen molar-refractivity contribution < 1.29 is 19.1 Å². The number of methoxy groups -OCH3 is 1. The third-order valence-electron chi connectivity index (χ3n) is 2.68. The van der Waals surface area contributed by atoms with Crippen LogP contribution in [0.15, 0.2) is 28.7 Å². The standard InChI is InChI=1S/C12H12BrNO4.C2H6/c1-17-11(15)10-9(14-12(16)18-10)6-7-3-2-4-8(13)5-7;1-2/h2-5,9-10H,6H2,1H3,(H,14,16);1-2H3. The van der Waals surface area contributed by atoms with Crippen molar-refractivity contribution in [3.8, 4) is 0 Å². The molecule has 1 aliphatic rings. The predicted molar refractivity (Wildman–Crippen MR) is 78.4 cm³/mol. The average molecular weight is 344 g/mol. The SMILES string of the molecule is CC.COC(=O)C1OC(=O)NC1Cc1cccc(Br)c1. The van der Waals surface area contributed by atoms with E-state index in [0.717, 1.165) is 10.0 Å². The number of benzene rings is 1. The summed E-state index contributed by atoms with van der Waals surface area (Å²) in [4.78, 5) is 22.7. The van der Waals surface area contributed by atoms with Gasteiger partial charge in [-0.1, -0.05) is 41.9 Å². The first-order valence-electron chi connectivity index (χ1n) is 6.39. The number of amides is 1. The molecule has 2 unspecified atom stereocenters. The molecular weight excluding hydrogens is 326 g/mol. The Hall–Kier alpha value is -1.56. The van der Waals surface area contributed by atoms with Gasteiger partial charge < -0.3 is 14.8 Å². The number of hydrogen-bond acceptors (Lipinski definition) is 4. The summed E-state index contributed by atoms with van der Waals surface area (Å²) in [5.41, 5.74) is 0.995. The highest BCUT2D eigenvalue weighted by Crippen LogP contribution is 2.18. The van der Waals surface area contributed by atoms with E-state index >= 15 is 0 Å². The predicted octanol–water partition coefficient (Wildman–Crippen LogP) is 2.67. The molecule has 1 amide bonds. The highest BCUT2D eigenvalue weighted by molar-refractivity contribution is 9.10. The molecule has 1 saturated heterocycles. The number of halogens is 1. The molecule has 0 radical (unpaired) electrons. The first kappa shape index (κ1) is 16.5. The molecule has 110 valence electrons. The molecule has 2 rings (SSSR count). The van der Waals surface area contributed by atoms with E-state index < -0.39 is 24.2 Å². The van der Waals surface area contributed by atoms with Gasteiger partial charge in [0.1, 0.15) is 0 Å². The third-order valence-corrected chi connectivity index (χ3v) is 3.17. The lowest BCUT2D eigenvalue weighted by molar-refractivity contribution is -0.149. The van der Waals surface area contributed by atoms with Gasteiger partial charge in [-0.05, 0) is 24.1 Å². The zero-order chi connectivity index (χ0) is 15.1. The normalized spacial score (nSPS) is 20.3. The molecule has 5 nitrogen and oxygen atoms in total. The smallest absolute Gasteiger partial charge is 0.408 e. The van der Waals surface area contributed by atoms with Crippen LogP contribution < -0.4 is 5.32 Å². The number of carbonyl (C=O) groups is 2. The quantitative estimate of drug-likeness (QED) is 0.857. The number of cyclic esters (lactones) is 1. The van der Waals surface area contributed by atoms with Crippen molar-refractivity contribution in [2.75, 3.05) is 7.11 Å². The summed E-state index contributed by atoms with van der Waals surface area (Å²) in [5.74, 6) is -0.548. The molecule has 1 N–H and O–H groups in total. The van der Waals surface area contributed by atoms with Crippen molar-refractivity contribution in [3.05, 3.63) is 34.3 Å². The van der Waals surface area contributed by atoms with E-state index in [-0.39, 0.29) is 0 Å². The largest absolute Gasteiger partial charge is 0.466 e. The second kappa shape index (κ2) is 7.89. The summed E-state index contributed by atoms with van der Waals surface area (Å²) in [5, 5.41) is 2.61. The molecule has 0 aromatic heterocycles. The molecule has 1 aliphatic heterocycles. The van der Waals surface area contributed by atoms with Crippen molar-refractivity contribution in [2.24, 2.45) is 0 Å². The zero-order valence-electron chi connectivity index (χ0n) is 11.7. The number of nitrogens with one attached hydrogen (secondary N) is 1. The number of hydrogen-bond donors (Lipinski definition) is 1. The maximum atomic E-state index is 11.5. The highest BCUT2D eigenvalue weighted by Gasteiger charge is 2.40. The molecule has 1 aromatic carbocycles. The number of esters is 1. The summed E-state index contributed by atoms with van der Waals surface area (Å²) in [7, 11) is 1.27. The van der Waals surface area contributed by atoms with Gasteiger partial charge in [-0.15, -0.1) is 0 Å². The van der Waals surface area contributed by atoms with E-state index in [1.54, 1.807) is 0 Å². The van der Waals surface area contributed by atoms with Crippen LogP contribution in [0.4, 0.5) is 4.79 Å². The van der Waals surface area contributed by atoms with Crippen LogP contribution in [-0.4, -0.2) is 31.3 Å². The second-order valence-electron chi connectivity index (χ2n) is 3.93. The molecule has 20 heavy (non-hydrogen) atoms. The summed E-state index contributed by atoms with van der Waals surface area (Å²) < 4.78 is 10.4. The Labute approximate surface area is 126 Å². The van der Waals surface area contributed by atoms with Gasteiger partial charge in [0.25, 0.3) is 0 Å². The van der Waals surface area contributed by atoms with E-state index in [4.69, 9.17) is 4.74 Å². The molecule has 0 aliphatic carbocycles. The molecular formula is C14H18BrNO4. The van der Waals surface area contributed by atoms with Crippen LogP contribution >= 0.6 is 15.9 Å². The van der Waals surface area contributed by atoms with Crippen LogP contribution in [0.1, 0.15) is 19.4 Å². The average Bonchev–Trinajstić information content (AvgIpc) is 2.81. The van der Waals surface area contributed by atoms with E-state index in [1.165, 1.54) is 7.11 Å². The Bertz CT molecular complexity index is 478. The highest BCUT2D eigenvalue weighted by atomic mass is 79.9. The van der Waals surface area contributed by atoms with Gasteiger partial charge >= 0.3 is 12.1 Å². The van der Waals surface area contributed by atoms with Crippen LogP contribution in [0.3, 0.4) is 0 Å². The third kappa shape index (κ3) is 4.23. The van der Waals surface area contributed by atoms with Crippen LogP contribution in [0.2, 0.25) is 0 Å². The van der Waals surface area contributed by atoms with E-state index in [2.05, 4.69) is 26.0 Å². The van der Waals surface area contributed by atoms with Crippen molar-refractivity contribution in [2.45, 2.75) is 32.4 Å². The molecule has 6 heteroatoms. The van der Waals surface area contributed by atoms with Gasteiger partial charge in [-0.2, -0.15) is 0 Å².